The number of nitriles is 1. The van der Waals surface area contributed by atoms with Crippen LogP contribution in [0.3, 0.4) is 0 Å². The number of hydrogen-bond donors (Lipinski definition) is 1. The maximum atomic E-state index is 12.1. The van der Waals surface area contributed by atoms with E-state index < -0.39 is 0 Å². The summed E-state index contributed by atoms with van der Waals surface area (Å²) in [6, 6.07) is 8.99. The van der Waals surface area contributed by atoms with E-state index in [1.807, 2.05) is 0 Å². The van der Waals surface area contributed by atoms with Crippen LogP contribution in [0.1, 0.15) is 32.3 Å². The van der Waals surface area contributed by atoms with Crippen molar-refractivity contribution in [1.29, 1.82) is 5.26 Å². The molecule has 2 rings (SSSR count). The van der Waals surface area contributed by atoms with E-state index in [0.29, 0.717) is 12.0 Å². The molecule has 0 aliphatic carbocycles. The van der Waals surface area contributed by atoms with Gasteiger partial charge in [0.25, 0.3) is 0 Å². The predicted octanol–water partition coefficient (Wildman–Crippen LogP) is 2.32. The van der Waals surface area contributed by atoms with E-state index in [1.54, 1.807) is 24.3 Å². The average molecular weight is 358 g/mol. The summed E-state index contributed by atoms with van der Waals surface area (Å²) in [7, 11) is 0. The number of ether oxygens (including phenoxy) is 1. The molecule has 0 saturated carbocycles. The van der Waals surface area contributed by atoms with Crippen LogP contribution < -0.4 is 5.32 Å². The Morgan fingerprint density at radius 1 is 1.35 bits per heavy atom. The number of benzene rings is 1. The molecule has 6 heteroatoms. The second kappa shape index (κ2) is 10.9. The number of anilines is 1. The van der Waals surface area contributed by atoms with Gasteiger partial charge < -0.3 is 19.9 Å². The van der Waals surface area contributed by atoms with Gasteiger partial charge in [0.05, 0.1) is 24.3 Å². The lowest BCUT2D eigenvalue weighted by atomic mass is 10.2. The second-order valence-electron chi connectivity index (χ2n) is 6.60. The molecule has 1 N–H and O–H groups in total. The quantitative estimate of drug-likeness (QED) is 0.695. The van der Waals surface area contributed by atoms with E-state index >= 15 is 0 Å². The highest BCUT2D eigenvalue weighted by molar-refractivity contribution is 5.90. The van der Waals surface area contributed by atoms with Crippen molar-refractivity contribution in [3.63, 3.8) is 0 Å². The van der Waals surface area contributed by atoms with E-state index in [2.05, 4.69) is 35.0 Å². The first-order valence-corrected chi connectivity index (χ1v) is 9.51. The van der Waals surface area contributed by atoms with Gasteiger partial charge in [-0.15, -0.1) is 0 Å². The van der Waals surface area contributed by atoms with Crippen LogP contribution in [-0.4, -0.2) is 67.7 Å². The van der Waals surface area contributed by atoms with Crippen molar-refractivity contribution >= 4 is 11.6 Å². The lowest BCUT2D eigenvalue weighted by molar-refractivity contribution is -0.116. The monoisotopic (exact) mass is 358 g/mol. The van der Waals surface area contributed by atoms with E-state index in [9.17, 15) is 4.79 Å². The lowest BCUT2D eigenvalue weighted by Gasteiger charge is -2.20. The van der Waals surface area contributed by atoms with Gasteiger partial charge in [0, 0.05) is 38.3 Å². The van der Waals surface area contributed by atoms with Gasteiger partial charge in [0.2, 0.25) is 5.91 Å². The van der Waals surface area contributed by atoms with Crippen molar-refractivity contribution in [2.45, 2.75) is 32.8 Å². The molecule has 0 unspecified atom stereocenters. The molecule has 1 atom stereocenters. The van der Waals surface area contributed by atoms with Crippen molar-refractivity contribution in [3.8, 4) is 6.07 Å². The van der Waals surface area contributed by atoms with Gasteiger partial charge in [-0.2, -0.15) is 5.26 Å². The van der Waals surface area contributed by atoms with Crippen molar-refractivity contribution in [1.82, 2.24) is 9.80 Å². The highest BCUT2D eigenvalue weighted by Gasteiger charge is 2.23. The van der Waals surface area contributed by atoms with Gasteiger partial charge in [-0.05, 0) is 43.8 Å². The van der Waals surface area contributed by atoms with Crippen LogP contribution in [0.2, 0.25) is 0 Å². The van der Waals surface area contributed by atoms with Gasteiger partial charge in [-0.1, -0.05) is 13.8 Å². The Bertz CT molecular complexity index is 593. The Kier molecular flexibility index (Phi) is 8.56. The number of carbonyl (C=O) groups excluding carboxylic acids is 1. The number of carbonyl (C=O) groups is 1. The summed E-state index contributed by atoms with van der Waals surface area (Å²) >= 11 is 0. The van der Waals surface area contributed by atoms with Crippen LogP contribution in [0.25, 0.3) is 0 Å². The standard InChI is InChI=1S/C20H30N4O2/c1-3-23(4-2)13-14-26-19-9-11-24(16-19)12-10-20(25)22-18-7-5-17(15-21)6-8-18/h5-8,19H,3-4,9-14,16H2,1-2H3,(H,22,25)/t19-/m1/s1. The summed E-state index contributed by atoms with van der Waals surface area (Å²) < 4.78 is 5.98. The van der Waals surface area contributed by atoms with Crippen LogP contribution in [0, 0.1) is 11.3 Å². The first kappa shape index (κ1) is 20.4. The van der Waals surface area contributed by atoms with Crippen molar-refractivity contribution in [2.75, 3.05) is 51.2 Å². The molecular formula is C20H30N4O2. The molecule has 26 heavy (non-hydrogen) atoms. The topological polar surface area (TPSA) is 68.6 Å². The number of nitrogens with one attached hydrogen (secondary N) is 1. The molecule has 1 amide bonds. The smallest absolute Gasteiger partial charge is 0.225 e. The SMILES string of the molecule is CCN(CC)CCO[C@@H]1CCN(CCC(=O)Nc2ccc(C#N)cc2)C1. The number of nitrogens with zero attached hydrogens (tertiary/aromatic N) is 3. The molecule has 0 aromatic heterocycles. The third-order valence-electron chi connectivity index (χ3n) is 4.84. The number of rotatable bonds is 10. The minimum Gasteiger partial charge on any atom is -0.376 e. The van der Waals surface area contributed by atoms with Gasteiger partial charge in [-0.25, -0.2) is 0 Å². The Morgan fingerprint density at radius 3 is 2.73 bits per heavy atom. The fourth-order valence-electron chi connectivity index (χ4n) is 3.14. The van der Waals surface area contributed by atoms with E-state index in [-0.39, 0.29) is 12.0 Å². The average Bonchev–Trinajstić information content (AvgIpc) is 3.12. The largest absolute Gasteiger partial charge is 0.376 e. The van der Waals surface area contributed by atoms with Crippen LogP contribution in [0.4, 0.5) is 5.69 Å². The first-order chi connectivity index (χ1) is 12.6. The summed E-state index contributed by atoms with van der Waals surface area (Å²) in [5, 5.41) is 11.7. The first-order valence-electron chi connectivity index (χ1n) is 9.51. The molecule has 0 radical (unpaired) electrons. The number of likely N-dealkylation sites (N-methyl/N-ethyl adjacent to an activating group) is 1. The lowest BCUT2D eigenvalue weighted by Crippen LogP contribution is -2.30. The summed E-state index contributed by atoms with van der Waals surface area (Å²) in [5.74, 6) is 0.000564. The van der Waals surface area contributed by atoms with Crippen LogP contribution >= 0.6 is 0 Å². The summed E-state index contributed by atoms with van der Waals surface area (Å²) in [6.07, 6.45) is 1.79. The zero-order valence-corrected chi connectivity index (χ0v) is 15.9. The molecular weight excluding hydrogens is 328 g/mol. The third kappa shape index (κ3) is 6.75. The van der Waals surface area contributed by atoms with Crippen molar-refractivity contribution in [3.05, 3.63) is 29.8 Å². The fourth-order valence-corrected chi connectivity index (χ4v) is 3.14. The highest BCUT2D eigenvalue weighted by atomic mass is 16.5. The molecule has 1 aromatic carbocycles. The molecule has 0 spiro atoms. The normalized spacial score (nSPS) is 17.4. The maximum absolute atomic E-state index is 12.1. The zero-order chi connectivity index (χ0) is 18.8. The molecule has 142 valence electrons. The summed E-state index contributed by atoms with van der Waals surface area (Å²) in [5.41, 5.74) is 1.32. The van der Waals surface area contributed by atoms with Gasteiger partial charge >= 0.3 is 0 Å². The fraction of sp³-hybridized carbons (Fsp3) is 0.600. The Labute approximate surface area is 156 Å². The van der Waals surface area contributed by atoms with Crippen LogP contribution in [-0.2, 0) is 9.53 Å². The maximum Gasteiger partial charge on any atom is 0.225 e. The molecule has 0 bridgehead atoms. The van der Waals surface area contributed by atoms with Gasteiger partial charge in [-0.3, -0.25) is 4.79 Å². The highest BCUT2D eigenvalue weighted by Crippen LogP contribution is 2.14. The molecule has 1 saturated heterocycles. The minimum absolute atomic E-state index is 0.000564. The number of hydrogen-bond acceptors (Lipinski definition) is 5. The molecule has 1 aliphatic rings. The minimum atomic E-state index is 0.000564. The molecule has 1 aliphatic heterocycles. The third-order valence-corrected chi connectivity index (χ3v) is 4.84. The van der Waals surface area contributed by atoms with E-state index in [0.717, 1.165) is 58.0 Å². The van der Waals surface area contributed by atoms with Gasteiger partial charge in [0.15, 0.2) is 0 Å². The number of likely N-dealkylation sites (tertiary alicyclic amines) is 1. The Hall–Kier alpha value is -1.94. The molecule has 6 nitrogen and oxygen atoms in total. The van der Waals surface area contributed by atoms with Crippen molar-refractivity contribution < 1.29 is 9.53 Å². The molecule has 1 fully saturated rings. The van der Waals surface area contributed by atoms with Crippen LogP contribution in [0.15, 0.2) is 24.3 Å². The second-order valence-corrected chi connectivity index (χ2v) is 6.60. The van der Waals surface area contributed by atoms with Crippen LogP contribution in [0.5, 0.6) is 0 Å². The van der Waals surface area contributed by atoms with E-state index in [4.69, 9.17) is 10.00 Å². The zero-order valence-electron chi connectivity index (χ0n) is 15.9. The Balaban J connectivity index is 1.62. The van der Waals surface area contributed by atoms with Gasteiger partial charge in [0.1, 0.15) is 0 Å². The Morgan fingerprint density at radius 2 is 2.08 bits per heavy atom. The summed E-state index contributed by atoms with van der Waals surface area (Å²) in [4.78, 5) is 16.7. The van der Waals surface area contributed by atoms with Crippen molar-refractivity contribution in [2.24, 2.45) is 0 Å². The summed E-state index contributed by atoms with van der Waals surface area (Å²) in [6.45, 7) is 10.9. The number of amides is 1. The predicted molar refractivity (Wildman–Crippen MR) is 103 cm³/mol. The van der Waals surface area contributed by atoms with E-state index in [1.165, 1.54) is 0 Å². The molecule has 1 aromatic rings. The molecule has 1 heterocycles.